The van der Waals surface area contributed by atoms with Crippen molar-refractivity contribution in [1.82, 2.24) is 15.5 Å². The van der Waals surface area contributed by atoms with Crippen molar-refractivity contribution >= 4 is 29.1 Å². The molecular weight excluding hydrogens is 354 g/mol. The van der Waals surface area contributed by atoms with E-state index in [1.807, 2.05) is 31.1 Å². The Labute approximate surface area is 157 Å². The average molecular weight is 381 g/mol. The van der Waals surface area contributed by atoms with Gasteiger partial charge in [0.25, 0.3) is 5.91 Å². The maximum absolute atomic E-state index is 12.6. The highest BCUT2D eigenvalue weighted by Crippen LogP contribution is 2.26. The molecule has 0 aromatic carbocycles. The molecule has 0 spiro atoms. The normalized spacial score (nSPS) is 20.5. The van der Waals surface area contributed by atoms with Crippen molar-refractivity contribution in [2.75, 3.05) is 13.1 Å². The lowest BCUT2D eigenvalue weighted by Gasteiger charge is -2.42. The first-order valence-electron chi connectivity index (χ1n) is 8.92. The first-order chi connectivity index (χ1) is 12.3. The van der Waals surface area contributed by atoms with Crippen molar-refractivity contribution in [2.24, 2.45) is 5.92 Å². The number of thiophene rings is 1. The quantitative estimate of drug-likeness (QED) is 0.603. The van der Waals surface area contributed by atoms with Gasteiger partial charge in [0.1, 0.15) is 6.04 Å². The third-order valence-electron chi connectivity index (χ3n) is 4.70. The average Bonchev–Trinajstić information content (AvgIpc) is 3.07. The number of rotatable bonds is 9. The highest BCUT2D eigenvalue weighted by Gasteiger charge is 2.36. The Bertz CT molecular complexity index is 626. The van der Waals surface area contributed by atoms with Crippen molar-refractivity contribution in [3.8, 4) is 0 Å². The molecule has 0 radical (unpaired) electrons. The Balaban J connectivity index is 1.85. The fraction of sp³-hybridized carbons (Fsp3) is 0.611. The van der Waals surface area contributed by atoms with Gasteiger partial charge in [0.15, 0.2) is 0 Å². The number of hydrogen-bond acceptors (Lipinski definition) is 5. The topological polar surface area (TPSA) is 98.7 Å². The van der Waals surface area contributed by atoms with Crippen LogP contribution in [0.25, 0.3) is 0 Å². The fourth-order valence-corrected chi connectivity index (χ4v) is 3.75. The number of nitrogens with zero attached hydrogens (tertiary/aromatic N) is 1. The minimum atomic E-state index is -0.838. The fourth-order valence-electron chi connectivity index (χ4n) is 3.12. The van der Waals surface area contributed by atoms with Crippen LogP contribution in [0.2, 0.25) is 0 Å². The van der Waals surface area contributed by atoms with Gasteiger partial charge in [-0.1, -0.05) is 26.8 Å². The van der Waals surface area contributed by atoms with Crippen LogP contribution in [0.5, 0.6) is 0 Å². The summed E-state index contributed by atoms with van der Waals surface area (Å²) in [5.41, 5.74) is 0. The third kappa shape index (κ3) is 5.28. The van der Waals surface area contributed by atoms with Gasteiger partial charge in [0.2, 0.25) is 5.91 Å². The molecule has 0 aliphatic heterocycles. The summed E-state index contributed by atoms with van der Waals surface area (Å²) in [6.45, 7) is 6.42. The number of aliphatic carboxylic acids is 1. The smallest absolute Gasteiger partial charge is 0.317 e. The van der Waals surface area contributed by atoms with Gasteiger partial charge >= 0.3 is 5.97 Å². The molecule has 1 heterocycles. The predicted molar refractivity (Wildman–Crippen MR) is 100 cm³/mol. The molecule has 1 aliphatic rings. The number of carboxylic acids is 1. The van der Waals surface area contributed by atoms with E-state index in [9.17, 15) is 14.4 Å². The maximum atomic E-state index is 12.6. The number of carbonyl (C=O) groups is 3. The molecule has 1 aromatic heterocycles. The highest BCUT2D eigenvalue weighted by molar-refractivity contribution is 7.12. The predicted octanol–water partition coefficient (Wildman–Crippen LogP) is 1.56. The van der Waals surface area contributed by atoms with Crippen molar-refractivity contribution in [2.45, 2.75) is 51.7 Å². The summed E-state index contributed by atoms with van der Waals surface area (Å²) in [4.78, 5) is 38.2. The molecule has 1 saturated carbocycles. The van der Waals surface area contributed by atoms with E-state index in [0.29, 0.717) is 11.4 Å². The molecule has 0 bridgehead atoms. The zero-order valence-electron chi connectivity index (χ0n) is 15.4. The molecule has 1 aromatic rings. The van der Waals surface area contributed by atoms with E-state index in [2.05, 4.69) is 10.6 Å². The first-order valence-corrected chi connectivity index (χ1v) is 9.80. The zero-order valence-corrected chi connectivity index (χ0v) is 16.2. The van der Waals surface area contributed by atoms with Gasteiger partial charge in [0.05, 0.1) is 11.4 Å². The lowest BCUT2D eigenvalue weighted by Crippen LogP contribution is -2.58. The largest absolute Gasteiger partial charge is 0.480 e. The second-order valence-corrected chi connectivity index (χ2v) is 7.91. The summed E-state index contributed by atoms with van der Waals surface area (Å²) in [6.07, 6.45) is 1.47. The van der Waals surface area contributed by atoms with Crippen LogP contribution < -0.4 is 10.6 Å². The van der Waals surface area contributed by atoms with Crippen molar-refractivity contribution in [1.29, 1.82) is 0 Å². The van der Waals surface area contributed by atoms with E-state index < -0.39 is 12.0 Å². The number of nitrogens with one attached hydrogen (secondary N) is 2. The first kappa shape index (κ1) is 20.4. The summed E-state index contributed by atoms with van der Waals surface area (Å²) in [5, 5.41) is 16.6. The van der Waals surface area contributed by atoms with Crippen molar-refractivity contribution in [3.63, 3.8) is 0 Å². The van der Waals surface area contributed by atoms with Crippen LogP contribution in [0, 0.1) is 5.92 Å². The molecule has 0 saturated heterocycles. The molecule has 26 heavy (non-hydrogen) atoms. The van der Waals surface area contributed by atoms with Gasteiger partial charge in [-0.25, -0.2) is 0 Å². The van der Waals surface area contributed by atoms with Gasteiger partial charge in [-0.2, -0.15) is 0 Å². The van der Waals surface area contributed by atoms with E-state index in [4.69, 9.17) is 5.11 Å². The van der Waals surface area contributed by atoms with E-state index >= 15 is 0 Å². The van der Waals surface area contributed by atoms with Gasteiger partial charge in [0, 0.05) is 12.1 Å². The molecule has 7 nitrogen and oxygen atoms in total. The van der Waals surface area contributed by atoms with Gasteiger partial charge in [-0.3, -0.25) is 19.3 Å². The SMILES string of the molecule is CCN(CC(=O)O)C1CC(NC(=O)C(NC(=O)c2cccs2)C(C)C)C1. The van der Waals surface area contributed by atoms with E-state index in [1.54, 1.807) is 12.1 Å². The Morgan fingerprint density at radius 2 is 2.04 bits per heavy atom. The number of carbonyl (C=O) groups excluding carboxylic acids is 2. The molecule has 1 unspecified atom stereocenters. The summed E-state index contributed by atoms with van der Waals surface area (Å²) in [5.74, 6) is -1.29. The molecule has 3 N–H and O–H groups in total. The minimum absolute atomic E-state index is 0.0212. The molecule has 1 aliphatic carbocycles. The maximum Gasteiger partial charge on any atom is 0.317 e. The van der Waals surface area contributed by atoms with E-state index in [1.165, 1.54) is 11.3 Å². The van der Waals surface area contributed by atoms with Gasteiger partial charge in [-0.05, 0) is 36.8 Å². The summed E-state index contributed by atoms with van der Waals surface area (Å²) < 4.78 is 0. The van der Waals surface area contributed by atoms with Crippen LogP contribution in [0.3, 0.4) is 0 Å². The molecular formula is C18H27N3O4S. The Morgan fingerprint density at radius 3 is 2.54 bits per heavy atom. The van der Waals surface area contributed by atoms with Crippen molar-refractivity contribution in [3.05, 3.63) is 22.4 Å². The van der Waals surface area contributed by atoms with Crippen LogP contribution >= 0.6 is 11.3 Å². The Hall–Kier alpha value is -1.93. The zero-order chi connectivity index (χ0) is 19.3. The lowest BCUT2D eigenvalue weighted by molar-refractivity contribution is -0.140. The lowest BCUT2D eigenvalue weighted by atomic mass is 9.85. The Morgan fingerprint density at radius 1 is 1.35 bits per heavy atom. The molecule has 2 amide bonds. The van der Waals surface area contributed by atoms with E-state index in [-0.39, 0.29) is 36.4 Å². The second-order valence-electron chi connectivity index (χ2n) is 6.96. The van der Waals surface area contributed by atoms with Crippen molar-refractivity contribution < 1.29 is 19.5 Å². The number of likely N-dealkylation sites (N-methyl/N-ethyl adjacent to an activating group) is 1. The molecule has 1 atom stereocenters. The van der Waals surface area contributed by atoms with Gasteiger partial charge in [-0.15, -0.1) is 11.3 Å². The van der Waals surface area contributed by atoms with Crippen LogP contribution in [0.4, 0.5) is 0 Å². The Kier molecular flexibility index (Phi) is 7.16. The second kappa shape index (κ2) is 9.14. The number of amides is 2. The highest BCUT2D eigenvalue weighted by atomic mass is 32.1. The van der Waals surface area contributed by atoms with Crippen LogP contribution in [-0.4, -0.2) is 59.0 Å². The number of carboxylic acid groups (broad SMARTS) is 1. The molecule has 1 fully saturated rings. The molecule has 144 valence electrons. The van der Waals surface area contributed by atoms with E-state index in [0.717, 1.165) is 12.8 Å². The minimum Gasteiger partial charge on any atom is -0.480 e. The summed E-state index contributed by atoms with van der Waals surface area (Å²) in [6, 6.07) is 3.14. The van der Waals surface area contributed by atoms with Crippen LogP contribution in [-0.2, 0) is 9.59 Å². The van der Waals surface area contributed by atoms with Gasteiger partial charge < -0.3 is 15.7 Å². The molecule has 8 heteroatoms. The van der Waals surface area contributed by atoms with Crippen LogP contribution in [0.15, 0.2) is 17.5 Å². The summed E-state index contributed by atoms with van der Waals surface area (Å²) >= 11 is 1.34. The molecule has 2 rings (SSSR count). The standard InChI is InChI=1S/C18H27N3O4S/c1-4-21(10-15(22)23)13-8-12(9-13)19-18(25)16(11(2)3)20-17(24)14-6-5-7-26-14/h5-7,11-13,16H,4,8-10H2,1-3H3,(H,19,25)(H,20,24)(H,22,23). The monoisotopic (exact) mass is 381 g/mol. The number of hydrogen-bond donors (Lipinski definition) is 3. The van der Waals surface area contributed by atoms with Crippen LogP contribution in [0.1, 0.15) is 43.3 Å². The summed E-state index contributed by atoms with van der Waals surface area (Å²) in [7, 11) is 0. The third-order valence-corrected chi connectivity index (χ3v) is 5.57.